The summed E-state index contributed by atoms with van der Waals surface area (Å²) in [5.74, 6) is -1.12. The second-order valence-electron chi connectivity index (χ2n) is 8.13. The molecule has 4 rings (SSSR count). The van der Waals surface area contributed by atoms with Gasteiger partial charge in [0, 0.05) is 37.9 Å². The van der Waals surface area contributed by atoms with Crippen molar-refractivity contribution in [2.24, 2.45) is 0 Å². The van der Waals surface area contributed by atoms with Crippen LogP contribution in [0.1, 0.15) is 6.42 Å². The molecule has 194 valence electrons. The fourth-order valence-electron chi connectivity index (χ4n) is 3.52. The van der Waals surface area contributed by atoms with Crippen LogP contribution in [-0.4, -0.2) is 73.4 Å². The molecule has 0 unspecified atom stereocenters. The van der Waals surface area contributed by atoms with Gasteiger partial charge in [-0.05, 0) is 30.8 Å². The highest BCUT2D eigenvalue weighted by atomic mass is 35.5. The molecule has 1 aromatic carbocycles. The number of aromatic nitrogens is 3. The van der Waals surface area contributed by atoms with E-state index in [9.17, 15) is 21.6 Å². The number of thiazole rings is 1. The van der Waals surface area contributed by atoms with Gasteiger partial charge in [-0.3, -0.25) is 4.72 Å². The van der Waals surface area contributed by atoms with Crippen LogP contribution >= 0.6 is 34.5 Å². The number of hydrogen-bond donors (Lipinski definition) is 1. The number of sulfonamides is 1. The van der Waals surface area contributed by atoms with Crippen molar-refractivity contribution in [1.29, 1.82) is 0 Å². The van der Waals surface area contributed by atoms with Crippen molar-refractivity contribution in [2.45, 2.75) is 12.6 Å². The first-order chi connectivity index (χ1) is 16.9. The zero-order valence-electron chi connectivity index (χ0n) is 18.9. The van der Waals surface area contributed by atoms with Crippen molar-refractivity contribution in [3.8, 4) is 21.8 Å². The molecule has 0 saturated carbocycles. The maximum atomic E-state index is 12.5. The van der Waals surface area contributed by atoms with Crippen LogP contribution in [0.3, 0.4) is 0 Å². The van der Waals surface area contributed by atoms with Crippen LogP contribution in [0.4, 0.5) is 24.0 Å². The van der Waals surface area contributed by atoms with Crippen LogP contribution < -0.4 is 9.62 Å². The summed E-state index contributed by atoms with van der Waals surface area (Å²) in [6.07, 6.45) is -4.57. The molecule has 3 heterocycles. The fourth-order valence-corrected chi connectivity index (χ4v) is 6.20. The van der Waals surface area contributed by atoms with Gasteiger partial charge in [-0.1, -0.05) is 35.1 Å². The lowest BCUT2D eigenvalue weighted by Gasteiger charge is -2.32. The smallest absolute Gasteiger partial charge is 0.345 e. The Morgan fingerprint density at radius 3 is 2.50 bits per heavy atom. The number of benzene rings is 1. The van der Waals surface area contributed by atoms with E-state index in [0.29, 0.717) is 21.8 Å². The SMILES string of the molecule is CN1CCN(c2nc(-c3cccc(NS(=O)(=O)CCC(F)(F)F)c3Cl)c(-c3ccnc(Cl)n3)s2)CC1. The van der Waals surface area contributed by atoms with Crippen molar-refractivity contribution in [2.75, 3.05) is 48.6 Å². The molecule has 0 atom stereocenters. The van der Waals surface area contributed by atoms with Gasteiger partial charge in [0.2, 0.25) is 15.3 Å². The van der Waals surface area contributed by atoms with E-state index in [0.717, 1.165) is 31.3 Å². The highest BCUT2D eigenvalue weighted by molar-refractivity contribution is 7.92. The first kappa shape index (κ1) is 26.9. The van der Waals surface area contributed by atoms with E-state index in [1.807, 2.05) is 7.05 Å². The van der Waals surface area contributed by atoms with E-state index < -0.39 is 28.4 Å². The van der Waals surface area contributed by atoms with Gasteiger partial charge in [0.15, 0.2) is 5.13 Å². The number of halogens is 5. The maximum Gasteiger partial charge on any atom is 0.390 e. The lowest BCUT2D eigenvalue weighted by Crippen LogP contribution is -2.44. The minimum atomic E-state index is -4.60. The predicted octanol–water partition coefficient (Wildman–Crippen LogP) is 5.02. The Labute approximate surface area is 220 Å². The van der Waals surface area contributed by atoms with E-state index >= 15 is 0 Å². The summed E-state index contributed by atoms with van der Waals surface area (Å²) < 4.78 is 64.4. The minimum absolute atomic E-state index is 0.00437. The summed E-state index contributed by atoms with van der Waals surface area (Å²) in [4.78, 5) is 18.0. The van der Waals surface area contributed by atoms with E-state index in [2.05, 4.69) is 24.5 Å². The maximum absolute atomic E-state index is 12.5. The molecule has 0 bridgehead atoms. The van der Waals surface area contributed by atoms with Gasteiger partial charge >= 0.3 is 6.18 Å². The lowest BCUT2D eigenvalue weighted by molar-refractivity contribution is -0.129. The first-order valence-electron chi connectivity index (χ1n) is 10.7. The molecule has 1 fully saturated rings. The molecule has 0 aliphatic carbocycles. The molecule has 1 aliphatic heterocycles. The lowest BCUT2D eigenvalue weighted by atomic mass is 10.1. The van der Waals surface area contributed by atoms with Crippen LogP contribution in [0.25, 0.3) is 21.8 Å². The Balaban J connectivity index is 1.73. The molecule has 15 heteroatoms. The van der Waals surface area contributed by atoms with E-state index in [1.165, 1.54) is 23.6 Å². The van der Waals surface area contributed by atoms with Gasteiger partial charge in [0.05, 0.1) is 39.1 Å². The normalized spacial score (nSPS) is 15.3. The number of likely N-dealkylation sites (N-methyl/N-ethyl adjacent to an activating group) is 1. The van der Waals surface area contributed by atoms with Crippen LogP contribution in [0.5, 0.6) is 0 Å². The van der Waals surface area contributed by atoms with Gasteiger partial charge in [-0.15, -0.1) is 0 Å². The molecule has 8 nitrogen and oxygen atoms in total. The van der Waals surface area contributed by atoms with Crippen molar-refractivity contribution >= 4 is 55.4 Å². The molecule has 0 amide bonds. The largest absolute Gasteiger partial charge is 0.390 e. The number of anilines is 2. The molecule has 1 N–H and O–H groups in total. The van der Waals surface area contributed by atoms with Crippen LogP contribution in [0.15, 0.2) is 30.5 Å². The van der Waals surface area contributed by atoms with E-state index in [-0.39, 0.29) is 16.0 Å². The van der Waals surface area contributed by atoms with Gasteiger partial charge in [0.25, 0.3) is 0 Å². The Bertz CT molecular complexity index is 1350. The summed E-state index contributed by atoms with van der Waals surface area (Å²) in [6.45, 7) is 3.25. The predicted molar refractivity (Wildman–Crippen MR) is 136 cm³/mol. The number of rotatable bonds is 7. The summed E-state index contributed by atoms with van der Waals surface area (Å²) >= 11 is 14.0. The molecule has 1 aliphatic rings. The second-order valence-corrected chi connectivity index (χ2v) is 11.7. The van der Waals surface area contributed by atoms with Gasteiger partial charge < -0.3 is 9.80 Å². The average molecular weight is 581 g/mol. The first-order valence-corrected chi connectivity index (χ1v) is 13.9. The van der Waals surface area contributed by atoms with Gasteiger partial charge in [0.1, 0.15) is 0 Å². The van der Waals surface area contributed by atoms with E-state index in [1.54, 1.807) is 18.2 Å². The van der Waals surface area contributed by atoms with Crippen molar-refractivity contribution in [3.63, 3.8) is 0 Å². The molecule has 0 radical (unpaired) electrons. The molecule has 2 aromatic heterocycles. The third-order valence-corrected chi connectivity index (χ3v) is 8.42. The van der Waals surface area contributed by atoms with Gasteiger partial charge in [-0.2, -0.15) is 13.2 Å². The summed E-state index contributed by atoms with van der Waals surface area (Å²) in [6, 6.07) is 6.26. The van der Waals surface area contributed by atoms with Crippen LogP contribution in [-0.2, 0) is 10.0 Å². The monoisotopic (exact) mass is 580 g/mol. The second kappa shape index (κ2) is 10.7. The molecular weight excluding hydrogens is 560 g/mol. The Morgan fingerprint density at radius 1 is 1.11 bits per heavy atom. The number of hydrogen-bond acceptors (Lipinski definition) is 8. The minimum Gasteiger partial charge on any atom is -0.345 e. The zero-order chi connectivity index (χ0) is 26.1. The third kappa shape index (κ3) is 6.57. The average Bonchev–Trinajstić information content (AvgIpc) is 3.24. The molecule has 1 saturated heterocycles. The summed E-state index contributed by atoms with van der Waals surface area (Å²) in [7, 11) is -2.26. The number of nitrogens with one attached hydrogen (secondary N) is 1. The fraction of sp³-hybridized carbons (Fsp3) is 0.381. The standard InChI is InChI=1S/C21H21Cl2F3N6O2S2/c1-31-8-10-32(11-9-31)20-29-17(18(35-20)15-5-7-27-19(23)28-15)13-3-2-4-14(16(13)22)30-36(33,34)12-6-21(24,25)26/h2-5,7,30H,6,8-12H2,1H3. The van der Waals surface area contributed by atoms with Crippen molar-refractivity contribution < 1.29 is 21.6 Å². The Morgan fingerprint density at radius 2 is 1.83 bits per heavy atom. The van der Waals surface area contributed by atoms with E-state index in [4.69, 9.17) is 28.2 Å². The zero-order valence-corrected chi connectivity index (χ0v) is 22.0. The topological polar surface area (TPSA) is 91.3 Å². The highest BCUT2D eigenvalue weighted by Gasteiger charge is 2.30. The number of nitrogens with zero attached hydrogens (tertiary/aromatic N) is 5. The Hall–Kier alpha value is -2.19. The van der Waals surface area contributed by atoms with Crippen LogP contribution in [0.2, 0.25) is 10.3 Å². The molecule has 3 aromatic rings. The van der Waals surface area contributed by atoms with Crippen molar-refractivity contribution in [3.05, 3.63) is 40.8 Å². The highest BCUT2D eigenvalue weighted by Crippen LogP contribution is 2.44. The Kier molecular flexibility index (Phi) is 7.95. The van der Waals surface area contributed by atoms with Gasteiger partial charge in [-0.25, -0.2) is 23.4 Å². The third-order valence-electron chi connectivity index (χ3n) is 5.42. The number of alkyl halides is 3. The summed E-state index contributed by atoms with van der Waals surface area (Å²) in [5.41, 5.74) is 1.31. The molecule has 36 heavy (non-hydrogen) atoms. The summed E-state index contributed by atoms with van der Waals surface area (Å²) in [5, 5.41) is 0.782. The van der Waals surface area contributed by atoms with Crippen LogP contribution in [0, 0.1) is 0 Å². The molecule has 0 spiro atoms. The molecular formula is C21H21Cl2F3N6O2S2. The quantitative estimate of drug-likeness (QED) is 0.392. The number of piperazine rings is 1. The van der Waals surface area contributed by atoms with Crippen molar-refractivity contribution in [1.82, 2.24) is 19.9 Å².